The van der Waals surface area contributed by atoms with Crippen molar-refractivity contribution in [1.82, 2.24) is 5.32 Å². The standard InChI is InChI=1S/C15H17FN2O2S/c1-20-10-4-3-9(7-10)18-15(19)14-13(17)11-6-8(16)2-5-12(11)21-14/h2,5-6,9-10H,3-4,7,17H2,1H3,(H,18,19). The number of nitrogen functional groups attached to an aromatic ring is 1. The Morgan fingerprint density at radius 3 is 3.00 bits per heavy atom. The number of fused-ring (bicyclic) bond motifs is 1. The van der Waals surface area contributed by atoms with Crippen molar-refractivity contribution in [1.29, 1.82) is 0 Å². The van der Waals surface area contributed by atoms with Gasteiger partial charge in [-0.05, 0) is 37.5 Å². The van der Waals surface area contributed by atoms with Gasteiger partial charge in [0.15, 0.2) is 0 Å². The number of benzene rings is 1. The minimum Gasteiger partial charge on any atom is -0.397 e. The number of nitrogens with one attached hydrogen (secondary N) is 1. The normalized spacial score (nSPS) is 21.8. The summed E-state index contributed by atoms with van der Waals surface area (Å²) < 4.78 is 19.4. The Kier molecular flexibility index (Phi) is 3.82. The summed E-state index contributed by atoms with van der Waals surface area (Å²) in [4.78, 5) is 12.8. The van der Waals surface area contributed by atoms with Gasteiger partial charge in [-0.3, -0.25) is 4.79 Å². The fraction of sp³-hybridized carbons (Fsp3) is 0.400. The van der Waals surface area contributed by atoms with Crippen LogP contribution in [0.2, 0.25) is 0 Å². The summed E-state index contributed by atoms with van der Waals surface area (Å²) in [5, 5.41) is 3.60. The summed E-state index contributed by atoms with van der Waals surface area (Å²) in [5.74, 6) is -0.534. The highest BCUT2D eigenvalue weighted by atomic mass is 32.1. The zero-order valence-electron chi connectivity index (χ0n) is 11.7. The quantitative estimate of drug-likeness (QED) is 0.916. The van der Waals surface area contributed by atoms with Crippen LogP contribution in [0.5, 0.6) is 0 Å². The Morgan fingerprint density at radius 1 is 1.48 bits per heavy atom. The molecule has 1 heterocycles. The number of ether oxygens (including phenoxy) is 1. The van der Waals surface area contributed by atoms with E-state index in [9.17, 15) is 9.18 Å². The predicted octanol–water partition coefficient (Wildman–Crippen LogP) is 2.92. The Bertz CT molecular complexity index is 686. The molecule has 21 heavy (non-hydrogen) atoms. The maximum Gasteiger partial charge on any atom is 0.263 e. The lowest BCUT2D eigenvalue weighted by atomic mass is 10.2. The summed E-state index contributed by atoms with van der Waals surface area (Å²) in [6.45, 7) is 0. The van der Waals surface area contributed by atoms with Crippen molar-refractivity contribution in [3.8, 4) is 0 Å². The molecule has 0 radical (unpaired) electrons. The number of carbonyl (C=O) groups is 1. The number of hydrogen-bond acceptors (Lipinski definition) is 4. The first kappa shape index (κ1) is 14.3. The molecular formula is C15H17FN2O2S. The van der Waals surface area contributed by atoms with Gasteiger partial charge < -0.3 is 15.8 Å². The maximum atomic E-state index is 13.3. The van der Waals surface area contributed by atoms with Crippen LogP contribution in [0, 0.1) is 5.82 Å². The molecule has 2 atom stereocenters. The highest BCUT2D eigenvalue weighted by Gasteiger charge is 2.27. The lowest BCUT2D eigenvalue weighted by Crippen LogP contribution is -2.33. The highest BCUT2D eigenvalue weighted by molar-refractivity contribution is 7.21. The molecule has 1 aromatic carbocycles. The van der Waals surface area contributed by atoms with Crippen LogP contribution in [0.25, 0.3) is 10.1 Å². The number of amides is 1. The topological polar surface area (TPSA) is 64.3 Å². The molecule has 1 aliphatic rings. The average Bonchev–Trinajstić information content (AvgIpc) is 3.04. The molecule has 1 fully saturated rings. The first-order valence-electron chi connectivity index (χ1n) is 6.89. The maximum absolute atomic E-state index is 13.3. The van der Waals surface area contributed by atoms with E-state index in [-0.39, 0.29) is 23.9 Å². The van der Waals surface area contributed by atoms with Crippen LogP contribution in [0.3, 0.4) is 0 Å². The van der Waals surface area contributed by atoms with E-state index in [2.05, 4.69) is 5.32 Å². The van der Waals surface area contributed by atoms with Gasteiger partial charge in [-0.25, -0.2) is 4.39 Å². The van der Waals surface area contributed by atoms with Gasteiger partial charge in [0.2, 0.25) is 0 Å². The van der Waals surface area contributed by atoms with Crippen LogP contribution in [-0.4, -0.2) is 25.2 Å². The van der Waals surface area contributed by atoms with E-state index in [1.165, 1.54) is 23.5 Å². The third kappa shape index (κ3) is 2.73. The molecule has 0 bridgehead atoms. The predicted molar refractivity (Wildman–Crippen MR) is 82.1 cm³/mol. The molecular weight excluding hydrogens is 291 g/mol. The lowest BCUT2D eigenvalue weighted by Gasteiger charge is -2.12. The SMILES string of the molecule is COC1CCC(NC(=O)c2sc3ccc(F)cc3c2N)C1. The summed E-state index contributed by atoms with van der Waals surface area (Å²) in [5.41, 5.74) is 6.35. The third-order valence-corrected chi connectivity index (χ3v) is 5.13. The molecule has 6 heteroatoms. The van der Waals surface area contributed by atoms with E-state index in [4.69, 9.17) is 10.5 Å². The number of rotatable bonds is 3. The largest absolute Gasteiger partial charge is 0.397 e. The number of methoxy groups -OCH3 is 1. The summed E-state index contributed by atoms with van der Waals surface area (Å²) in [7, 11) is 1.69. The Hall–Kier alpha value is -1.66. The van der Waals surface area contributed by atoms with Gasteiger partial charge in [0.25, 0.3) is 5.91 Å². The molecule has 0 saturated heterocycles. The fourth-order valence-corrected chi connectivity index (χ4v) is 3.80. The van der Waals surface area contributed by atoms with Crippen molar-refractivity contribution >= 4 is 33.0 Å². The first-order valence-corrected chi connectivity index (χ1v) is 7.71. The van der Waals surface area contributed by atoms with Crippen LogP contribution >= 0.6 is 11.3 Å². The second-order valence-corrected chi connectivity index (χ2v) is 6.38. The van der Waals surface area contributed by atoms with E-state index < -0.39 is 0 Å². The number of halogens is 1. The minimum absolute atomic E-state index is 0.115. The fourth-order valence-electron chi connectivity index (χ4n) is 2.79. The van der Waals surface area contributed by atoms with E-state index in [1.807, 2.05) is 0 Å². The molecule has 112 valence electrons. The van der Waals surface area contributed by atoms with Gasteiger partial charge in [-0.2, -0.15) is 0 Å². The van der Waals surface area contributed by atoms with Gasteiger partial charge in [-0.15, -0.1) is 11.3 Å². The van der Waals surface area contributed by atoms with Crippen molar-refractivity contribution in [2.24, 2.45) is 0 Å². The minimum atomic E-state index is -0.349. The zero-order chi connectivity index (χ0) is 15.0. The Labute approximate surface area is 126 Å². The summed E-state index contributed by atoms with van der Waals surface area (Å²) in [6.07, 6.45) is 2.89. The van der Waals surface area contributed by atoms with Crippen LogP contribution in [0.15, 0.2) is 18.2 Å². The number of hydrogen-bond donors (Lipinski definition) is 2. The van der Waals surface area contributed by atoms with Gasteiger partial charge in [0.05, 0.1) is 11.8 Å². The van der Waals surface area contributed by atoms with Gasteiger partial charge in [0, 0.05) is 23.2 Å². The van der Waals surface area contributed by atoms with Crippen LogP contribution in [-0.2, 0) is 4.74 Å². The molecule has 3 rings (SSSR count). The third-order valence-electron chi connectivity index (χ3n) is 3.95. The molecule has 0 spiro atoms. The highest BCUT2D eigenvalue weighted by Crippen LogP contribution is 2.34. The van der Waals surface area contributed by atoms with Crippen LogP contribution in [0.4, 0.5) is 10.1 Å². The number of anilines is 1. The molecule has 1 aliphatic carbocycles. The number of carbonyl (C=O) groups excluding carboxylic acids is 1. The summed E-state index contributed by atoms with van der Waals surface area (Å²) >= 11 is 1.30. The van der Waals surface area contributed by atoms with E-state index in [1.54, 1.807) is 13.2 Å². The Balaban J connectivity index is 1.80. The second-order valence-electron chi connectivity index (χ2n) is 5.33. The summed E-state index contributed by atoms with van der Waals surface area (Å²) in [6, 6.07) is 4.51. The van der Waals surface area contributed by atoms with Crippen molar-refractivity contribution in [3.05, 3.63) is 28.9 Å². The van der Waals surface area contributed by atoms with Gasteiger partial charge in [-0.1, -0.05) is 0 Å². The van der Waals surface area contributed by atoms with E-state index >= 15 is 0 Å². The molecule has 4 nitrogen and oxygen atoms in total. The zero-order valence-corrected chi connectivity index (χ0v) is 12.5. The Morgan fingerprint density at radius 2 is 2.29 bits per heavy atom. The van der Waals surface area contributed by atoms with Crippen LogP contribution < -0.4 is 11.1 Å². The van der Waals surface area contributed by atoms with Crippen molar-refractivity contribution < 1.29 is 13.9 Å². The molecule has 1 saturated carbocycles. The van der Waals surface area contributed by atoms with Crippen molar-refractivity contribution in [2.45, 2.75) is 31.4 Å². The molecule has 1 aromatic heterocycles. The lowest BCUT2D eigenvalue weighted by molar-refractivity contribution is 0.0919. The smallest absolute Gasteiger partial charge is 0.263 e. The van der Waals surface area contributed by atoms with Crippen molar-refractivity contribution in [2.75, 3.05) is 12.8 Å². The average molecular weight is 308 g/mol. The molecule has 3 N–H and O–H groups in total. The monoisotopic (exact) mass is 308 g/mol. The van der Waals surface area contributed by atoms with E-state index in [0.717, 1.165) is 24.0 Å². The second kappa shape index (κ2) is 5.61. The molecule has 2 unspecified atom stereocenters. The molecule has 1 amide bonds. The van der Waals surface area contributed by atoms with E-state index in [0.29, 0.717) is 16.0 Å². The number of thiophene rings is 1. The number of nitrogens with two attached hydrogens (primary N) is 1. The first-order chi connectivity index (χ1) is 10.1. The molecule has 2 aromatic rings. The molecule has 0 aliphatic heterocycles. The van der Waals surface area contributed by atoms with Gasteiger partial charge in [0.1, 0.15) is 10.7 Å². The van der Waals surface area contributed by atoms with Gasteiger partial charge >= 0.3 is 0 Å². The van der Waals surface area contributed by atoms with Crippen molar-refractivity contribution in [3.63, 3.8) is 0 Å². The van der Waals surface area contributed by atoms with Crippen LogP contribution in [0.1, 0.15) is 28.9 Å².